The van der Waals surface area contributed by atoms with E-state index in [0.717, 1.165) is 5.56 Å². The molecular weight excluding hydrogens is 372 g/mol. The highest BCUT2D eigenvalue weighted by atomic mass is 32.2. The number of amides is 2. The summed E-state index contributed by atoms with van der Waals surface area (Å²) in [7, 11) is 2.88. The monoisotopic (exact) mass is 392 g/mol. The smallest absolute Gasteiger partial charge is 0.330 e. The van der Waals surface area contributed by atoms with Gasteiger partial charge in [0.15, 0.2) is 6.04 Å². The van der Waals surface area contributed by atoms with Gasteiger partial charge in [0.25, 0.3) is 11.6 Å². The number of aliphatic carboxylic acids is 1. The number of hydrogen-bond donors (Lipinski definition) is 2. The van der Waals surface area contributed by atoms with Crippen LogP contribution in [0.4, 0.5) is 0 Å². The Morgan fingerprint density at radius 2 is 2.04 bits per heavy atom. The Hall–Kier alpha value is -2.52. The highest BCUT2D eigenvalue weighted by Gasteiger charge is 2.67. The summed E-state index contributed by atoms with van der Waals surface area (Å²) in [6.45, 7) is 3.74. The summed E-state index contributed by atoms with van der Waals surface area (Å²) in [5.41, 5.74) is -0.384. The topological polar surface area (TPSA) is 105 Å². The summed E-state index contributed by atoms with van der Waals surface area (Å²) in [6.07, 6.45) is 0.0504. The zero-order valence-corrected chi connectivity index (χ0v) is 15.7. The number of carboxylic acid groups (broad SMARTS) is 1. The van der Waals surface area contributed by atoms with Crippen molar-refractivity contribution in [1.82, 2.24) is 10.2 Å². The minimum Gasteiger partial charge on any atom is -0.497 e. The molecule has 2 amide bonds. The molecule has 2 heterocycles. The normalized spacial score (nSPS) is 26.8. The second-order valence-corrected chi connectivity index (χ2v) is 7.36. The number of nitrogens with one attached hydrogen (secondary N) is 1. The molecule has 2 fully saturated rings. The molecule has 3 atom stereocenters. The summed E-state index contributed by atoms with van der Waals surface area (Å²) >= 11 is 1.32. The lowest BCUT2D eigenvalue weighted by Gasteiger charge is -2.58. The number of carbonyl (C=O) groups excluding carboxylic acids is 2. The number of nitrogens with zero attached hydrogens (tertiary/aromatic N) is 1. The maximum atomic E-state index is 12.7. The van der Waals surface area contributed by atoms with Crippen molar-refractivity contribution in [3.05, 3.63) is 42.0 Å². The van der Waals surface area contributed by atoms with Crippen LogP contribution in [0.5, 0.6) is 5.75 Å². The summed E-state index contributed by atoms with van der Waals surface area (Å²) < 4.78 is 10.5. The molecule has 0 aromatic heterocycles. The van der Waals surface area contributed by atoms with Gasteiger partial charge in [0, 0.05) is 12.9 Å². The SMILES string of the molecule is C=C1CS[C@H]2N(C(=O)C2(NC(=O)Cc2ccc(OC)cc2)OC)C1C(=O)O. The maximum Gasteiger partial charge on any atom is 0.330 e. The Kier molecular flexibility index (Phi) is 5.16. The molecule has 3 rings (SSSR count). The van der Waals surface area contributed by atoms with Crippen LogP contribution in [0.25, 0.3) is 0 Å². The van der Waals surface area contributed by atoms with Gasteiger partial charge < -0.3 is 24.8 Å². The van der Waals surface area contributed by atoms with Crippen molar-refractivity contribution < 1.29 is 29.0 Å². The van der Waals surface area contributed by atoms with Crippen molar-refractivity contribution in [3.8, 4) is 5.75 Å². The molecule has 144 valence electrons. The van der Waals surface area contributed by atoms with Crippen LogP contribution >= 0.6 is 11.8 Å². The molecule has 0 aliphatic carbocycles. The van der Waals surface area contributed by atoms with Crippen LogP contribution in [0.1, 0.15) is 5.56 Å². The van der Waals surface area contributed by atoms with Gasteiger partial charge in [-0.1, -0.05) is 18.7 Å². The Labute approximate surface area is 160 Å². The molecule has 0 spiro atoms. The number of benzene rings is 1. The highest BCUT2D eigenvalue weighted by molar-refractivity contribution is 8.00. The van der Waals surface area contributed by atoms with Gasteiger partial charge >= 0.3 is 5.97 Å². The Bertz CT molecular complexity index is 796. The average Bonchev–Trinajstić information content (AvgIpc) is 2.65. The van der Waals surface area contributed by atoms with E-state index >= 15 is 0 Å². The number of carbonyl (C=O) groups is 3. The Balaban J connectivity index is 1.74. The van der Waals surface area contributed by atoms with Crippen molar-refractivity contribution in [3.63, 3.8) is 0 Å². The van der Waals surface area contributed by atoms with E-state index in [4.69, 9.17) is 9.47 Å². The largest absolute Gasteiger partial charge is 0.497 e. The maximum absolute atomic E-state index is 12.7. The quantitative estimate of drug-likeness (QED) is 0.415. The molecule has 1 aromatic rings. The first-order valence-corrected chi connectivity index (χ1v) is 9.23. The number of fused-ring (bicyclic) bond motifs is 1. The molecule has 2 N–H and O–H groups in total. The Morgan fingerprint density at radius 3 is 2.59 bits per heavy atom. The van der Waals surface area contributed by atoms with Gasteiger partial charge in [-0.25, -0.2) is 4.79 Å². The summed E-state index contributed by atoms with van der Waals surface area (Å²) in [5, 5.41) is 11.4. The molecule has 2 unspecified atom stereocenters. The summed E-state index contributed by atoms with van der Waals surface area (Å²) in [4.78, 5) is 37.9. The number of carboxylic acids is 1. The molecule has 9 heteroatoms. The van der Waals surface area contributed by atoms with Crippen LogP contribution in [-0.2, 0) is 25.5 Å². The minimum atomic E-state index is -1.57. The third-order valence-electron chi connectivity index (χ3n) is 4.65. The van der Waals surface area contributed by atoms with Crippen molar-refractivity contribution in [1.29, 1.82) is 0 Å². The van der Waals surface area contributed by atoms with E-state index in [2.05, 4.69) is 11.9 Å². The van der Waals surface area contributed by atoms with Crippen molar-refractivity contribution in [2.75, 3.05) is 20.0 Å². The highest BCUT2D eigenvalue weighted by Crippen LogP contribution is 2.46. The number of rotatable bonds is 6. The fourth-order valence-corrected chi connectivity index (χ4v) is 4.67. The van der Waals surface area contributed by atoms with Crippen LogP contribution in [0.15, 0.2) is 36.4 Å². The van der Waals surface area contributed by atoms with Gasteiger partial charge in [-0.2, -0.15) is 0 Å². The number of methoxy groups -OCH3 is 2. The molecular formula is C18H20N2O6S. The molecule has 2 aliphatic rings. The first-order chi connectivity index (χ1) is 12.8. The number of hydrogen-bond acceptors (Lipinski definition) is 6. The fraction of sp³-hybridized carbons (Fsp3) is 0.389. The van der Waals surface area contributed by atoms with E-state index in [1.54, 1.807) is 31.4 Å². The lowest BCUT2D eigenvalue weighted by Crippen LogP contribution is -2.83. The molecule has 0 radical (unpaired) electrons. The van der Waals surface area contributed by atoms with Crippen molar-refractivity contribution in [2.45, 2.75) is 23.6 Å². The molecule has 8 nitrogen and oxygen atoms in total. The predicted molar refractivity (Wildman–Crippen MR) is 98.2 cm³/mol. The second kappa shape index (κ2) is 7.24. The minimum absolute atomic E-state index is 0.0504. The lowest BCUT2D eigenvalue weighted by atomic mass is 9.94. The third kappa shape index (κ3) is 3.17. The molecule has 2 saturated heterocycles. The predicted octanol–water partition coefficient (Wildman–Crippen LogP) is 0.621. The van der Waals surface area contributed by atoms with E-state index < -0.39 is 34.9 Å². The van der Waals surface area contributed by atoms with Crippen LogP contribution in [0.3, 0.4) is 0 Å². The van der Waals surface area contributed by atoms with Gasteiger partial charge in [0.05, 0.1) is 13.5 Å². The number of thioether (sulfide) groups is 1. The first kappa shape index (κ1) is 19.2. The molecule has 0 saturated carbocycles. The number of β-lactam (4-membered cyclic amide) rings is 1. The van der Waals surface area contributed by atoms with E-state index in [9.17, 15) is 19.5 Å². The van der Waals surface area contributed by atoms with E-state index in [0.29, 0.717) is 17.1 Å². The van der Waals surface area contributed by atoms with E-state index in [-0.39, 0.29) is 6.42 Å². The van der Waals surface area contributed by atoms with Crippen molar-refractivity contribution in [2.24, 2.45) is 0 Å². The fourth-order valence-electron chi connectivity index (χ4n) is 3.27. The number of ether oxygens (including phenoxy) is 2. The Morgan fingerprint density at radius 1 is 1.37 bits per heavy atom. The summed E-state index contributed by atoms with van der Waals surface area (Å²) in [5.74, 6) is -1.08. The van der Waals surface area contributed by atoms with Gasteiger partial charge in [0.2, 0.25) is 5.91 Å². The third-order valence-corrected chi connectivity index (χ3v) is 6.06. The zero-order valence-electron chi connectivity index (χ0n) is 14.9. The first-order valence-electron chi connectivity index (χ1n) is 8.18. The standard InChI is InChI=1S/C18H20N2O6S/c1-10-9-27-17-18(26-3,16(24)20(17)14(10)15(22)23)19-13(21)8-11-4-6-12(25-2)7-5-11/h4-7,14,17H,1,8-9H2,2-3H3,(H,19,21)(H,22,23)/t14?,17-,18?/m1/s1. The summed E-state index contributed by atoms with van der Waals surface area (Å²) in [6, 6.07) is 5.89. The van der Waals surface area contributed by atoms with E-state index in [1.807, 2.05) is 0 Å². The lowest BCUT2D eigenvalue weighted by molar-refractivity contribution is -0.201. The van der Waals surface area contributed by atoms with Crippen LogP contribution in [0.2, 0.25) is 0 Å². The molecule has 1 aromatic carbocycles. The van der Waals surface area contributed by atoms with Crippen LogP contribution in [0, 0.1) is 0 Å². The average molecular weight is 392 g/mol. The zero-order chi connectivity index (χ0) is 19.8. The van der Waals surface area contributed by atoms with Gasteiger partial charge in [0.1, 0.15) is 11.1 Å². The molecule has 0 bridgehead atoms. The van der Waals surface area contributed by atoms with Crippen LogP contribution in [-0.4, -0.2) is 64.9 Å². The molecule has 27 heavy (non-hydrogen) atoms. The van der Waals surface area contributed by atoms with Gasteiger partial charge in [-0.15, -0.1) is 11.8 Å². The van der Waals surface area contributed by atoms with Crippen LogP contribution < -0.4 is 10.1 Å². The second-order valence-electron chi connectivity index (χ2n) is 6.29. The van der Waals surface area contributed by atoms with E-state index in [1.165, 1.54) is 23.8 Å². The molecule has 2 aliphatic heterocycles. The van der Waals surface area contributed by atoms with Gasteiger partial charge in [-0.3, -0.25) is 9.59 Å². The van der Waals surface area contributed by atoms with Crippen molar-refractivity contribution >= 4 is 29.5 Å². The van der Waals surface area contributed by atoms with Gasteiger partial charge in [-0.05, 0) is 23.3 Å².